The van der Waals surface area contributed by atoms with Gasteiger partial charge < -0.3 is 10.6 Å². The SMILES string of the molecule is Cl.O=C(NCCC1CCNC1)c1cc2c(s1)CCCCC2. The molecule has 1 aromatic rings. The monoisotopic (exact) mass is 328 g/mol. The van der Waals surface area contributed by atoms with Crippen LogP contribution in [0.1, 0.15) is 52.2 Å². The Bertz CT molecular complexity index is 445. The number of carbonyl (C=O) groups excluding carboxylic acids is 1. The molecular formula is C16H25ClN2OS. The first-order valence-corrected chi connectivity index (χ1v) is 8.75. The zero-order valence-electron chi connectivity index (χ0n) is 12.5. The van der Waals surface area contributed by atoms with E-state index in [1.807, 2.05) is 0 Å². The van der Waals surface area contributed by atoms with Gasteiger partial charge in [-0.1, -0.05) is 6.42 Å². The molecule has 1 unspecified atom stereocenters. The van der Waals surface area contributed by atoms with Crippen molar-refractivity contribution in [3.63, 3.8) is 0 Å². The molecular weight excluding hydrogens is 304 g/mol. The number of nitrogens with one attached hydrogen (secondary N) is 2. The second-order valence-corrected chi connectivity index (χ2v) is 7.16. The number of hydrogen-bond donors (Lipinski definition) is 2. The van der Waals surface area contributed by atoms with E-state index in [-0.39, 0.29) is 18.3 Å². The largest absolute Gasteiger partial charge is 0.351 e. The first-order chi connectivity index (χ1) is 9.83. The fourth-order valence-corrected chi connectivity index (χ4v) is 4.39. The highest BCUT2D eigenvalue weighted by atomic mass is 35.5. The van der Waals surface area contributed by atoms with Gasteiger partial charge in [0.2, 0.25) is 0 Å². The van der Waals surface area contributed by atoms with Crippen molar-refractivity contribution in [3.05, 3.63) is 21.4 Å². The smallest absolute Gasteiger partial charge is 0.261 e. The minimum absolute atomic E-state index is 0. The molecule has 21 heavy (non-hydrogen) atoms. The van der Waals surface area contributed by atoms with Gasteiger partial charge in [0.25, 0.3) is 5.91 Å². The van der Waals surface area contributed by atoms with Gasteiger partial charge >= 0.3 is 0 Å². The highest BCUT2D eigenvalue weighted by molar-refractivity contribution is 7.14. The van der Waals surface area contributed by atoms with Crippen molar-refractivity contribution in [2.45, 2.75) is 44.9 Å². The molecule has 2 N–H and O–H groups in total. The summed E-state index contributed by atoms with van der Waals surface area (Å²) in [6.45, 7) is 3.06. The summed E-state index contributed by atoms with van der Waals surface area (Å²) < 4.78 is 0. The predicted octanol–water partition coefficient (Wildman–Crippen LogP) is 3.17. The number of fused-ring (bicyclic) bond motifs is 1. The van der Waals surface area contributed by atoms with Gasteiger partial charge in [-0.25, -0.2) is 0 Å². The van der Waals surface area contributed by atoms with Gasteiger partial charge in [0, 0.05) is 11.4 Å². The maximum atomic E-state index is 12.2. The molecule has 2 aliphatic rings. The highest BCUT2D eigenvalue weighted by Gasteiger charge is 2.17. The van der Waals surface area contributed by atoms with Crippen LogP contribution < -0.4 is 10.6 Å². The van der Waals surface area contributed by atoms with Crippen LogP contribution in [0.2, 0.25) is 0 Å². The molecule has 1 amide bonds. The number of aryl methyl sites for hydroxylation is 2. The number of rotatable bonds is 4. The molecule has 0 aromatic carbocycles. The normalized spacial score (nSPS) is 21.2. The lowest BCUT2D eigenvalue weighted by atomic mass is 10.1. The molecule has 5 heteroatoms. The molecule has 0 radical (unpaired) electrons. The Labute approximate surface area is 137 Å². The van der Waals surface area contributed by atoms with Crippen molar-refractivity contribution in [3.8, 4) is 0 Å². The lowest BCUT2D eigenvalue weighted by molar-refractivity contribution is 0.0955. The number of thiophene rings is 1. The van der Waals surface area contributed by atoms with E-state index in [9.17, 15) is 4.79 Å². The number of halogens is 1. The number of hydrogen-bond acceptors (Lipinski definition) is 3. The van der Waals surface area contributed by atoms with Crippen molar-refractivity contribution in [1.29, 1.82) is 0 Å². The zero-order chi connectivity index (χ0) is 13.8. The summed E-state index contributed by atoms with van der Waals surface area (Å²) in [6, 6.07) is 2.14. The maximum Gasteiger partial charge on any atom is 0.261 e. The standard InChI is InChI=1S/C16H24N2OS.ClH/c19-16(18-9-7-12-6-8-17-11-12)15-10-13-4-2-1-3-5-14(13)20-15;/h10,12,17H,1-9,11H2,(H,18,19);1H. The fraction of sp³-hybridized carbons (Fsp3) is 0.688. The van der Waals surface area contributed by atoms with Crippen LogP contribution in [0.15, 0.2) is 6.07 Å². The third kappa shape index (κ3) is 4.44. The summed E-state index contributed by atoms with van der Waals surface area (Å²) in [6.07, 6.45) is 8.57. The van der Waals surface area contributed by atoms with Crippen LogP contribution in [-0.4, -0.2) is 25.5 Å². The molecule has 118 valence electrons. The summed E-state index contributed by atoms with van der Waals surface area (Å²) >= 11 is 1.72. The van der Waals surface area contributed by atoms with E-state index in [0.29, 0.717) is 0 Å². The summed E-state index contributed by atoms with van der Waals surface area (Å²) in [5.41, 5.74) is 1.43. The van der Waals surface area contributed by atoms with Gasteiger partial charge in [-0.2, -0.15) is 0 Å². The van der Waals surface area contributed by atoms with Crippen LogP contribution in [0.25, 0.3) is 0 Å². The van der Waals surface area contributed by atoms with Crippen LogP contribution in [0.4, 0.5) is 0 Å². The van der Waals surface area contributed by atoms with E-state index >= 15 is 0 Å². The molecule has 2 heterocycles. The number of carbonyl (C=O) groups is 1. The Hall–Kier alpha value is -0.580. The van der Waals surface area contributed by atoms with E-state index in [1.54, 1.807) is 11.3 Å². The minimum atomic E-state index is 0. The molecule has 0 bridgehead atoms. The van der Waals surface area contributed by atoms with Gasteiger partial charge in [-0.3, -0.25) is 4.79 Å². The molecule has 0 spiro atoms. The summed E-state index contributed by atoms with van der Waals surface area (Å²) in [7, 11) is 0. The van der Waals surface area contributed by atoms with Crippen molar-refractivity contribution < 1.29 is 4.79 Å². The average molecular weight is 329 g/mol. The molecule has 1 atom stereocenters. The Kier molecular flexibility index (Phi) is 6.52. The van der Waals surface area contributed by atoms with Crippen LogP contribution in [0.5, 0.6) is 0 Å². The molecule has 0 saturated carbocycles. The van der Waals surface area contributed by atoms with Crippen molar-refractivity contribution in [2.75, 3.05) is 19.6 Å². The summed E-state index contributed by atoms with van der Waals surface area (Å²) in [5.74, 6) is 0.879. The lowest BCUT2D eigenvalue weighted by Gasteiger charge is -2.08. The fourth-order valence-electron chi connectivity index (χ4n) is 3.22. The molecule has 1 aromatic heterocycles. The lowest BCUT2D eigenvalue weighted by Crippen LogP contribution is -2.25. The summed E-state index contributed by atoms with van der Waals surface area (Å²) in [4.78, 5) is 14.6. The molecule has 1 aliphatic heterocycles. The van der Waals surface area contributed by atoms with E-state index < -0.39 is 0 Å². The Morgan fingerprint density at radius 3 is 3.00 bits per heavy atom. The predicted molar refractivity (Wildman–Crippen MR) is 90.8 cm³/mol. The Balaban J connectivity index is 0.00000161. The third-order valence-corrected chi connectivity index (χ3v) is 5.71. The van der Waals surface area contributed by atoms with Gasteiger partial charge in [0.05, 0.1) is 4.88 Å². The van der Waals surface area contributed by atoms with Gasteiger partial charge in [-0.15, -0.1) is 23.7 Å². The maximum absolute atomic E-state index is 12.2. The molecule has 1 saturated heterocycles. The topological polar surface area (TPSA) is 41.1 Å². The summed E-state index contributed by atoms with van der Waals surface area (Å²) in [5, 5.41) is 6.46. The molecule has 1 fully saturated rings. The highest BCUT2D eigenvalue weighted by Crippen LogP contribution is 2.28. The Morgan fingerprint density at radius 1 is 1.33 bits per heavy atom. The van der Waals surface area contributed by atoms with Crippen molar-refractivity contribution >= 4 is 29.7 Å². The van der Waals surface area contributed by atoms with Gasteiger partial charge in [-0.05, 0) is 69.2 Å². The zero-order valence-corrected chi connectivity index (χ0v) is 14.1. The Morgan fingerprint density at radius 2 is 2.19 bits per heavy atom. The van der Waals surface area contributed by atoms with Gasteiger partial charge in [0.15, 0.2) is 0 Å². The van der Waals surface area contributed by atoms with Crippen LogP contribution in [0.3, 0.4) is 0 Å². The molecule has 1 aliphatic carbocycles. The average Bonchev–Trinajstić information content (AvgIpc) is 3.05. The first-order valence-electron chi connectivity index (χ1n) is 7.93. The van der Waals surface area contributed by atoms with E-state index in [2.05, 4.69) is 16.7 Å². The van der Waals surface area contributed by atoms with Crippen LogP contribution >= 0.6 is 23.7 Å². The quantitative estimate of drug-likeness (QED) is 0.834. The van der Waals surface area contributed by atoms with Crippen LogP contribution in [0, 0.1) is 5.92 Å². The van der Waals surface area contributed by atoms with E-state index in [1.165, 1.54) is 42.5 Å². The third-order valence-electron chi connectivity index (χ3n) is 4.47. The second-order valence-electron chi connectivity index (χ2n) is 6.02. The minimum Gasteiger partial charge on any atom is -0.351 e. The van der Waals surface area contributed by atoms with Crippen LogP contribution in [-0.2, 0) is 12.8 Å². The van der Waals surface area contributed by atoms with E-state index in [0.717, 1.165) is 43.3 Å². The first kappa shape index (κ1) is 16.8. The van der Waals surface area contributed by atoms with Gasteiger partial charge in [0.1, 0.15) is 0 Å². The molecule has 3 rings (SSSR count). The second kappa shape index (κ2) is 8.16. The molecule has 3 nitrogen and oxygen atoms in total. The van der Waals surface area contributed by atoms with Crippen molar-refractivity contribution in [2.24, 2.45) is 5.92 Å². The van der Waals surface area contributed by atoms with E-state index in [4.69, 9.17) is 0 Å². The van der Waals surface area contributed by atoms with Crippen molar-refractivity contribution in [1.82, 2.24) is 10.6 Å². The number of amides is 1.